The first kappa shape index (κ1) is 18.8. The Hall–Kier alpha value is -1.93. The summed E-state index contributed by atoms with van der Waals surface area (Å²) in [5.41, 5.74) is 0.376. The summed E-state index contributed by atoms with van der Waals surface area (Å²) in [6, 6.07) is 5.95. The van der Waals surface area contributed by atoms with Gasteiger partial charge in [0.05, 0.1) is 10.8 Å². The Morgan fingerprint density at radius 1 is 1.04 bits per heavy atom. The van der Waals surface area contributed by atoms with Crippen LogP contribution in [-0.4, -0.2) is 60.8 Å². The number of carbonyl (C=O) groups excluding carboxylic acids is 1. The van der Waals surface area contributed by atoms with Gasteiger partial charge in [-0.25, -0.2) is 8.42 Å². The van der Waals surface area contributed by atoms with Crippen molar-refractivity contribution in [2.45, 2.75) is 31.1 Å². The Bertz CT molecular complexity index is 784. The van der Waals surface area contributed by atoms with E-state index in [4.69, 9.17) is 0 Å². The maximum absolute atomic E-state index is 12.7. The van der Waals surface area contributed by atoms with Crippen LogP contribution >= 0.6 is 0 Å². The Labute approximate surface area is 153 Å². The number of carboxylic acids is 1. The number of sulfonamides is 1. The van der Waals surface area contributed by atoms with Crippen LogP contribution in [-0.2, 0) is 14.8 Å². The molecule has 142 valence electrons. The third-order valence-corrected chi connectivity index (χ3v) is 7.18. The summed E-state index contributed by atoms with van der Waals surface area (Å²) in [5, 5.41) is 9.19. The minimum Gasteiger partial charge on any atom is -0.481 e. The van der Waals surface area contributed by atoms with Gasteiger partial charge in [0.1, 0.15) is 0 Å². The van der Waals surface area contributed by atoms with Gasteiger partial charge < -0.3 is 10.0 Å². The topological polar surface area (TPSA) is 95.0 Å². The molecule has 1 N–H and O–H groups in total. The Morgan fingerprint density at radius 3 is 2.19 bits per heavy atom. The largest absolute Gasteiger partial charge is 0.481 e. The summed E-state index contributed by atoms with van der Waals surface area (Å²) in [6.45, 7) is 3.46. The number of carbonyl (C=O) groups is 2. The predicted octanol–water partition coefficient (Wildman–Crippen LogP) is 1.65. The second-order valence-electron chi connectivity index (χ2n) is 7.12. The fraction of sp³-hybridized carbons (Fsp3) is 0.556. The number of nitrogens with zero attached hydrogens (tertiary/aromatic N) is 2. The fourth-order valence-corrected chi connectivity index (χ4v) is 5.18. The lowest BCUT2D eigenvalue weighted by atomic mass is 9.99. The predicted molar refractivity (Wildman–Crippen MR) is 95.2 cm³/mol. The smallest absolute Gasteiger partial charge is 0.308 e. The van der Waals surface area contributed by atoms with Gasteiger partial charge in [-0.05, 0) is 43.0 Å². The quantitative estimate of drug-likeness (QED) is 0.857. The van der Waals surface area contributed by atoms with E-state index in [1.165, 1.54) is 33.5 Å². The molecule has 0 radical (unpaired) electrons. The second kappa shape index (κ2) is 7.36. The van der Waals surface area contributed by atoms with E-state index in [2.05, 4.69) is 0 Å². The van der Waals surface area contributed by atoms with Crippen molar-refractivity contribution in [3.63, 3.8) is 0 Å². The van der Waals surface area contributed by atoms with Crippen LogP contribution in [0.2, 0.25) is 0 Å². The lowest BCUT2D eigenvalue weighted by Crippen LogP contribution is -2.35. The molecule has 0 aromatic heterocycles. The first-order valence-electron chi connectivity index (χ1n) is 8.93. The summed E-state index contributed by atoms with van der Waals surface area (Å²) >= 11 is 0. The molecule has 26 heavy (non-hydrogen) atoms. The zero-order valence-electron chi connectivity index (χ0n) is 14.8. The standard InChI is InChI=1S/C18H24N2O5S/c1-13-11-19(12-16(13)18(22)23)17(21)14-5-7-15(8-6-14)26(24,25)20-9-3-2-4-10-20/h5-8,13,16H,2-4,9-12H2,1H3,(H,22,23)/t13-,16-/m1/s1. The van der Waals surface area contributed by atoms with E-state index >= 15 is 0 Å². The molecule has 2 heterocycles. The highest BCUT2D eigenvalue weighted by molar-refractivity contribution is 7.89. The van der Waals surface area contributed by atoms with E-state index in [9.17, 15) is 23.1 Å². The van der Waals surface area contributed by atoms with Crippen LogP contribution in [0, 0.1) is 11.8 Å². The molecule has 0 aliphatic carbocycles. The van der Waals surface area contributed by atoms with Crippen molar-refractivity contribution in [3.8, 4) is 0 Å². The molecule has 1 aromatic carbocycles. The zero-order chi connectivity index (χ0) is 18.9. The Morgan fingerprint density at radius 2 is 1.65 bits per heavy atom. The fourth-order valence-electron chi connectivity index (χ4n) is 3.66. The first-order valence-corrected chi connectivity index (χ1v) is 10.4. The van der Waals surface area contributed by atoms with Gasteiger partial charge in [0.15, 0.2) is 0 Å². The number of rotatable bonds is 4. The third kappa shape index (κ3) is 3.61. The van der Waals surface area contributed by atoms with Crippen LogP contribution in [0.4, 0.5) is 0 Å². The van der Waals surface area contributed by atoms with Crippen molar-refractivity contribution in [2.75, 3.05) is 26.2 Å². The Kier molecular flexibility index (Phi) is 5.34. The number of aliphatic carboxylic acids is 1. The minimum atomic E-state index is -3.52. The molecule has 3 rings (SSSR count). The van der Waals surface area contributed by atoms with Gasteiger partial charge >= 0.3 is 5.97 Å². The van der Waals surface area contributed by atoms with Gasteiger partial charge in [-0.1, -0.05) is 13.3 Å². The molecule has 0 saturated carbocycles. The SMILES string of the molecule is C[C@@H]1CN(C(=O)c2ccc(S(=O)(=O)N3CCCCC3)cc2)C[C@H]1C(=O)O. The number of carboxylic acid groups (broad SMARTS) is 1. The van der Waals surface area contributed by atoms with E-state index < -0.39 is 21.9 Å². The Balaban J connectivity index is 1.73. The van der Waals surface area contributed by atoms with Crippen molar-refractivity contribution < 1.29 is 23.1 Å². The van der Waals surface area contributed by atoms with Crippen LogP contribution in [0.15, 0.2) is 29.2 Å². The molecule has 1 amide bonds. The average molecular weight is 380 g/mol. The van der Waals surface area contributed by atoms with E-state index in [-0.39, 0.29) is 23.3 Å². The molecule has 8 heteroatoms. The van der Waals surface area contributed by atoms with Gasteiger partial charge in [-0.15, -0.1) is 0 Å². The summed E-state index contributed by atoms with van der Waals surface area (Å²) in [4.78, 5) is 25.5. The molecular weight excluding hydrogens is 356 g/mol. The van der Waals surface area contributed by atoms with E-state index in [1.807, 2.05) is 6.92 Å². The maximum atomic E-state index is 12.7. The van der Waals surface area contributed by atoms with Gasteiger partial charge in [-0.3, -0.25) is 9.59 Å². The number of hydrogen-bond acceptors (Lipinski definition) is 4. The first-order chi connectivity index (χ1) is 12.3. The zero-order valence-corrected chi connectivity index (χ0v) is 15.6. The molecule has 0 spiro atoms. The summed E-state index contributed by atoms with van der Waals surface area (Å²) in [7, 11) is -3.52. The number of piperidine rings is 1. The van der Waals surface area contributed by atoms with Crippen molar-refractivity contribution >= 4 is 21.9 Å². The average Bonchev–Trinajstić information content (AvgIpc) is 3.04. The van der Waals surface area contributed by atoms with E-state index in [0.717, 1.165) is 19.3 Å². The number of benzene rings is 1. The number of amides is 1. The van der Waals surface area contributed by atoms with Gasteiger partial charge in [0.25, 0.3) is 5.91 Å². The van der Waals surface area contributed by atoms with E-state index in [0.29, 0.717) is 25.2 Å². The highest BCUT2D eigenvalue weighted by Gasteiger charge is 2.37. The van der Waals surface area contributed by atoms with Gasteiger partial charge in [0, 0.05) is 31.7 Å². The lowest BCUT2D eigenvalue weighted by molar-refractivity contribution is -0.142. The maximum Gasteiger partial charge on any atom is 0.308 e. The lowest BCUT2D eigenvalue weighted by Gasteiger charge is -2.26. The summed E-state index contributed by atoms with van der Waals surface area (Å²) in [5.74, 6) is -1.81. The van der Waals surface area contributed by atoms with Crippen LogP contribution in [0.1, 0.15) is 36.5 Å². The molecule has 2 fully saturated rings. The monoisotopic (exact) mass is 380 g/mol. The molecule has 2 aliphatic heterocycles. The van der Waals surface area contributed by atoms with Gasteiger partial charge in [-0.2, -0.15) is 4.31 Å². The summed E-state index contributed by atoms with van der Waals surface area (Å²) in [6.07, 6.45) is 2.78. The molecule has 2 saturated heterocycles. The van der Waals surface area contributed by atoms with Crippen molar-refractivity contribution in [2.24, 2.45) is 11.8 Å². The molecule has 2 aliphatic rings. The third-order valence-electron chi connectivity index (χ3n) is 5.27. The normalized spacial score (nSPS) is 24.6. The van der Waals surface area contributed by atoms with Crippen LogP contribution in [0.3, 0.4) is 0 Å². The number of hydrogen-bond donors (Lipinski definition) is 1. The van der Waals surface area contributed by atoms with E-state index in [1.54, 1.807) is 0 Å². The molecular formula is C18H24N2O5S. The minimum absolute atomic E-state index is 0.102. The van der Waals surface area contributed by atoms with Crippen molar-refractivity contribution in [1.82, 2.24) is 9.21 Å². The van der Waals surface area contributed by atoms with Gasteiger partial charge in [0.2, 0.25) is 10.0 Å². The van der Waals surface area contributed by atoms with Crippen molar-refractivity contribution in [3.05, 3.63) is 29.8 Å². The second-order valence-corrected chi connectivity index (χ2v) is 9.06. The summed E-state index contributed by atoms with van der Waals surface area (Å²) < 4.78 is 26.8. The molecule has 0 unspecified atom stereocenters. The molecule has 7 nitrogen and oxygen atoms in total. The molecule has 0 bridgehead atoms. The van der Waals surface area contributed by atoms with Crippen LogP contribution < -0.4 is 0 Å². The number of likely N-dealkylation sites (tertiary alicyclic amines) is 1. The van der Waals surface area contributed by atoms with Crippen LogP contribution in [0.5, 0.6) is 0 Å². The van der Waals surface area contributed by atoms with Crippen LogP contribution in [0.25, 0.3) is 0 Å². The molecule has 2 atom stereocenters. The highest BCUT2D eigenvalue weighted by Crippen LogP contribution is 2.26. The molecule has 1 aromatic rings. The van der Waals surface area contributed by atoms with Crippen molar-refractivity contribution in [1.29, 1.82) is 0 Å². The highest BCUT2D eigenvalue weighted by atomic mass is 32.2.